The van der Waals surface area contributed by atoms with Gasteiger partial charge in [0.15, 0.2) is 5.96 Å². The van der Waals surface area contributed by atoms with Gasteiger partial charge in [0.1, 0.15) is 0 Å². The molecule has 0 aromatic carbocycles. The van der Waals surface area contributed by atoms with Crippen molar-refractivity contribution in [2.45, 2.75) is 32.2 Å². The predicted molar refractivity (Wildman–Crippen MR) is 89.3 cm³/mol. The second-order valence-corrected chi connectivity index (χ2v) is 6.23. The molecule has 0 saturated carbocycles. The Morgan fingerprint density at radius 2 is 2.32 bits per heavy atom. The maximum atomic E-state index is 11.6. The molecule has 0 radical (unpaired) electrons. The number of guanidine groups is 1. The van der Waals surface area contributed by atoms with Gasteiger partial charge in [0, 0.05) is 37.0 Å². The summed E-state index contributed by atoms with van der Waals surface area (Å²) in [5.74, 6) is 0.492. The third-order valence-corrected chi connectivity index (χ3v) is 4.53. The van der Waals surface area contributed by atoms with E-state index in [1.807, 2.05) is 13.0 Å². The van der Waals surface area contributed by atoms with Crippen LogP contribution in [-0.4, -0.2) is 49.2 Å². The molecule has 2 rings (SSSR count). The minimum atomic E-state index is -0.224. The third kappa shape index (κ3) is 5.22. The van der Waals surface area contributed by atoms with Crippen molar-refractivity contribution in [1.82, 2.24) is 10.2 Å². The van der Waals surface area contributed by atoms with E-state index in [1.54, 1.807) is 16.2 Å². The topological polar surface area (TPSA) is 80.0 Å². The first-order valence-corrected chi connectivity index (χ1v) is 8.57. The van der Waals surface area contributed by atoms with Gasteiger partial charge in [0.2, 0.25) is 0 Å². The van der Waals surface area contributed by atoms with Crippen LogP contribution in [0.15, 0.2) is 22.5 Å². The molecule has 0 spiro atoms. The van der Waals surface area contributed by atoms with Crippen molar-refractivity contribution in [3.8, 4) is 0 Å². The molecular formula is C15H24N4O2S. The molecule has 1 fully saturated rings. The highest BCUT2D eigenvalue weighted by Crippen LogP contribution is 2.11. The number of carbonyl (C=O) groups excluding carboxylic acids is 1. The van der Waals surface area contributed by atoms with E-state index in [0.717, 1.165) is 19.3 Å². The van der Waals surface area contributed by atoms with E-state index in [-0.39, 0.29) is 12.1 Å². The van der Waals surface area contributed by atoms with Gasteiger partial charge in [-0.15, -0.1) is 11.3 Å². The van der Waals surface area contributed by atoms with Crippen LogP contribution in [-0.2, 0) is 11.2 Å². The standard InChI is InChI=1S/C15H24N4O2S/c1-2-21-15(20)19-9-6-12(7-10-19)18-14(16)17-8-5-13-4-3-11-22-13/h3-4,11-12H,2,5-10H2,1H3,(H3,16,17,18). The van der Waals surface area contributed by atoms with Crippen molar-refractivity contribution in [2.24, 2.45) is 10.7 Å². The van der Waals surface area contributed by atoms with Crippen LogP contribution < -0.4 is 11.1 Å². The van der Waals surface area contributed by atoms with E-state index in [4.69, 9.17) is 10.5 Å². The monoisotopic (exact) mass is 324 g/mol. The summed E-state index contributed by atoms with van der Waals surface area (Å²) >= 11 is 1.74. The first kappa shape index (κ1) is 16.6. The van der Waals surface area contributed by atoms with Crippen LogP contribution in [0.5, 0.6) is 0 Å². The molecule has 1 aliphatic rings. The lowest BCUT2D eigenvalue weighted by molar-refractivity contribution is 0.0963. The second-order valence-electron chi connectivity index (χ2n) is 5.20. The van der Waals surface area contributed by atoms with Gasteiger partial charge in [-0.3, -0.25) is 4.99 Å². The van der Waals surface area contributed by atoms with Crippen LogP contribution in [0.3, 0.4) is 0 Å². The molecule has 0 unspecified atom stereocenters. The summed E-state index contributed by atoms with van der Waals surface area (Å²) in [6.07, 6.45) is 2.42. The molecule has 1 aromatic heterocycles. The number of piperidine rings is 1. The van der Waals surface area contributed by atoms with Gasteiger partial charge in [-0.2, -0.15) is 0 Å². The third-order valence-electron chi connectivity index (χ3n) is 3.59. The van der Waals surface area contributed by atoms with Gasteiger partial charge in [0.25, 0.3) is 0 Å². The van der Waals surface area contributed by atoms with Gasteiger partial charge in [-0.05, 0) is 31.2 Å². The summed E-state index contributed by atoms with van der Waals surface area (Å²) < 4.78 is 5.01. The lowest BCUT2D eigenvalue weighted by Gasteiger charge is -2.31. The summed E-state index contributed by atoms with van der Waals surface area (Å²) in [4.78, 5) is 19.0. The number of rotatable bonds is 5. The molecule has 3 N–H and O–H groups in total. The number of nitrogens with zero attached hydrogens (tertiary/aromatic N) is 2. The Labute approximate surface area is 135 Å². The fourth-order valence-electron chi connectivity index (χ4n) is 2.42. The zero-order chi connectivity index (χ0) is 15.8. The van der Waals surface area contributed by atoms with Crippen LogP contribution in [0.2, 0.25) is 0 Å². The zero-order valence-corrected chi connectivity index (χ0v) is 13.8. The second kappa shape index (κ2) is 8.63. The minimum absolute atomic E-state index is 0.224. The minimum Gasteiger partial charge on any atom is -0.450 e. The van der Waals surface area contributed by atoms with Gasteiger partial charge in [0.05, 0.1) is 6.61 Å². The van der Waals surface area contributed by atoms with Gasteiger partial charge in [-0.25, -0.2) is 4.79 Å². The van der Waals surface area contributed by atoms with E-state index in [2.05, 4.69) is 21.8 Å². The number of hydrogen-bond donors (Lipinski definition) is 2. The van der Waals surface area contributed by atoms with E-state index in [0.29, 0.717) is 32.2 Å². The van der Waals surface area contributed by atoms with Crippen LogP contribution in [0, 0.1) is 0 Å². The molecule has 7 heteroatoms. The quantitative estimate of drug-likeness (QED) is 0.639. The number of thiophene rings is 1. The summed E-state index contributed by atoms with van der Waals surface area (Å²) in [5, 5.41) is 5.31. The SMILES string of the molecule is CCOC(=O)N1CCC(NC(N)=NCCc2cccs2)CC1. The molecule has 122 valence electrons. The van der Waals surface area contributed by atoms with E-state index in [1.165, 1.54) is 4.88 Å². The smallest absolute Gasteiger partial charge is 0.409 e. The lowest BCUT2D eigenvalue weighted by atomic mass is 10.1. The summed E-state index contributed by atoms with van der Waals surface area (Å²) in [6.45, 7) is 4.32. The highest BCUT2D eigenvalue weighted by atomic mass is 32.1. The Balaban J connectivity index is 1.67. The van der Waals surface area contributed by atoms with Crippen LogP contribution in [0.25, 0.3) is 0 Å². The van der Waals surface area contributed by atoms with Crippen molar-refractivity contribution in [3.05, 3.63) is 22.4 Å². The number of carbonyl (C=O) groups is 1. The van der Waals surface area contributed by atoms with Crippen LogP contribution in [0.1, 0.15) is 24.6 Å². The number of ether oxygens (including phenoxy) is 1. The first-order valence-electron chi connectivity index (χ1n) is 7.69. The average molecular weight is 324 g/mol. The zero-order valence-electron chi connectivity index (χ0n) is 13.0. The molecule has 1 saturated heterocycles. The molecule has 6 nitrogen and oxygen atoms in total. The fourth-order valence-corrected chi connectivity index (χ4v) is 3.12. The summed E-state index contributed by atoms with van der Waals surface area (Å²) in [7, 11) is 0. The molecule has 1 aromatic rings. The number of amides is 1. The Hall–Kier alpha value is -1.76. The molecule has 22 heavy (non-hydrogen) atoms. The highest BCUT2D eigenvalue weighted by Gasteiger charge is 2.23. The van der Waals surface area contributed by atoms with E-state index < -0.39 is 0 Å². The number of hydrogen-bond acceptors (Lipinski definition) is 4. The number of nitrogens with one attached hydrogen (secondary N) is 1. The van der Waals surface area contributed by atoms with Gasteiger partial charge in [-0.1, -0.05) is 6.07 Å². The maximum absolute atomic E-state index is 11.6. The van der Waals surface area contributed by atoms with Crippen LogP contribution in [0.4, 0.5) is 4.79 Å². The van der Waals surface area contributed by atoms with E-state index in [9.17, 15) is 4.79 Å². The predicted octanol–water partition coefficient (Wildman–Crippen LogP) is 1.82. The first-order chi connectivity index (χ1) is 10.7. The Morgan fingerprint density at radius 3 is 2.95 bits per heavy atom. The van der Waals surface area contributed by atoms with Crippen molar-refractivity contribution >= 4 is 23.4 Å². The van der Waals surface area contributed by atoms with Crippen molar-refractivity contribution in [2.75, 3.05) is 26.2 Å². The lowest BCUT2D eigenvalue weighted by Crippen LogP contribution is -2.48. The maximum Gasteiger partial charge on any atom is 0.409 e. The van der Waals surface area contributed by atoms with Crippen molar-refractivity contribution < 1.29 is 9.53 Å². The molecule has 0 atom stereocenters. The number of likely N-dealkylation sites (tertiary alicyclic amines) is 1. The van der Waals surface area contributed by atoms with Crippen molar-refractivity contribution in [1.29, 1.82) is 0 Å². The Morgan fingerprint density at radius 1 is 1.55 bits per heavy atom. The van der Waals surface area contributed by atoms with Crippen molar-refractivity contribution in [3.63, 3.8) is 0 Å². The van der Waals surface area contributed by atoms with E-state index >= 15 is 0 Å². The number of nitrogens with two attached hydrogens (primary N) is 1. The molecule has 0 aliphatic carbocycles. The number of aliphatic imine (C=N–C) groups is 1. The van der Waals surface area contributed by atoms with Gasteiger partial charge >= 0.3 is 6.09 Å². The summed E-state index contributed by atoms with van der Waals surface area (Å²) in [5.41, 5.74) is 5.92. The summed E-state index contributed by atoms with van der Waals surface area (Å²) in [6, 6.07) is 4.42. The Kier molecular flexibility index (Phi) is 6.51. The molecule has 0 bridgehead atoms. The van der Waals surface area contributed by atoms with Gasteiger partial charge < -0.3 is 20.7 Å². The van der Waals surface area contributed by atoms with Crippen LogP contribution >= 0.6 is 11.3 Å². The molecular weight excluding hydrogens is 300 g/mol. The average Bonchev–Trinajstić information content (AvgIpc) is 3.01. The molecule has 1 aliphatic heterocycles. The molecule has 1 amide bonds. The largest absolute Gasteiger partial charge is 0.450 e. The fraction of sp³-hybridized carbons (Fsp3) is 0.600. The Bertz CT molecular complexity index is 482. The normalized spacial score (nSPS) is 16.6. The molecule has 2 heterocycles. The highest BCUT2D eigenvalue weighted by molar-refractivity contribution is 7.09.